The van der Waals surface area contributed by atoms with E-state index in [9.17, 15) is 13.6 Å². The number of ether oxygens (including phenoxy) is 1. The highest BCUT2D eigenvalue weighted by molar-refractivity contribution is 14.1. The highest BCUT2D eigenvalue weighted by atomic mass is 127. The second kappa shape index (κ2) is 5.56. The molecule has 0 unspecified atom stereocenters. The van der Waals surface area contributed by atoms with Crippen LogP contribution in [-0.4, -0.2) is 12.4 Å². The predicted octanol–water partition coefficient (Wildman–Crippen LogP) is 3.83. The average molecular weight is 340 g/mol. The van der Waals surface area contributed by atoms with Gasteiger partial charge in [-0.05, 0) is 48.6 Å². The van der Waals surface area contributed by atoms with Crippen molar-refractivity contribution >= 4 is 28.4 Å². The summed E-state index contributed by atoms with van der Waals surface area (Å²) in [5, 5.41) is 0. The third-order valence-corrected chi connectivity index (χ3v) is 2.91. The molecule has 16 heavy (non-hydrogen) atoms. The van der Waals surface area contributed by atoms with Crippen molar-refractivity contribution in [3.63, 3.8) is 0 Å². The first-order valence-corrected chi connectivity index (χ1v) is 5.80. The van der Waals surface area contributed by atoms with Crippen molar-refractivity contribution in [3.8, 4) is 5.75 Å². The van der Waals surface area contributed by atoms with Crippen LogP contribution >= 0.6 is 22.6 Å². The van der Waals surface area contributed by atoms with Gasteiger partial charge in [0, 0.05) is 9.13 Å². The van der Waals surface area contributed by atoms with Gasteiger partial charge in [-0.2, -0.15) is 0 Å². The van der Waals surface area contributed by atoms with E-state index in [1.165, 1.54) is 19.1 Å². The summed E-state index contributed by atoms with van der Waals surface area (Å²) < 4.78 is 31.0. The number of hydrogen-bond donors (Lipinski definition) is 0. The standard InChI is InChI=1S/C11H11F2IO2/c1-3-16-9-5-7(6(2)15)4-8(14)10(9)11(12)13/h4-5,11H,3H2,1-2H3. The summed E-state index contributed by atoms with van der Waals surface area (Å²) in [7, 11) is 0. The zero-order valence-electron chi connectivity index (χ0n) is 8.89. The first-order chi connectivity index (χ1) is 7.47. The topological polar surface area (TPSA) is 26.3 Å². The van der Waals surface area contributed by atoms with Gasteiger partial charge < -0.3 is 4.74 Å². The first kappa shape index (κ1) is 13.3. The molecule has 0 aliphatic carbocycles. The molecule has 0 fully saturated rings. The Morgan fingerprint density at radius 2 is 2.12 bits per heavy atom. The number of ketones is 1. The number of Topliss-reactive ketones (excluding diaryl/α,β-unsaturated/α-hetero) is 1. The summed E-state index contributed by atoms with van der Waals surface area (Å²) in [6, 6.07) is 2.82. The van der Waals surface area contributed by atoms with Gasteiger partial charge in [0.05, 0.1) is 12.2 Å². The Labute approximate surface area is 106 Å². The number of alkyl halides is 2. The lowest BCUT2D eigenvalue weighted by Crippen LogP contribution is -2.03. The zero-order chi connectivity index (χ0) is 12.3. The molecule has 2 nitrogen and oxygen atoms in total. The minimum atomic E-state index is -2.60. The van der Waals surface area contributed by atoms with Crippen LogP contribution in [0.1, 0.15) is 36.2 Å². The molecule has 0 N–H and O–H groups in total. The molecule has 1 aromatic carbocycles. The fraction of sp³-hybridized carbons (Fsp3) is 0.364. The molecule has 0 aromatic heterocycles. The maximum atomic E-state index is 12.8. The summed E-state index contributed by atoms with van der Waals surface area (Å²) in [5.41, 5.74) is 0.240. The molecule has 0 heterocycles. The zero-order valence-corrected chi connectivity index (χ0v) is 11.0. The third kappa shape index (κ3) is 2.90. The van der Waals surface area contributed by atoms with Gasteiger partial charge in [-0.25, -0.2) is 8.78 Å². The number of hydrogen-bond acceptors (Lipinski definition) is 2. The Balaban J connectivity index is 3.33. The molecule has 0 radical (unpaired) electrons. The lowest BCUT2D eigenvalue weighted by molar-refractivity contribution is 0.101. The van der Waals surface area contributed by atoms with Crippen LogP contribution in [0.5, 0.6) is 5.75 Å². The predicted molar refractivity (Wildman–Crippen MR) is 65.3 cm³/mol. The summed E-state index contributed by atoms with van der Waals surface area (Å²) >= 11 is 1.79. The number of halogens is 3. The highest BCUT2D eigenvalue weighted by Crippen LogP contribution is 2.34. The average Bonchev–Trinajstić information content (AvgIpc) is 2.16. The highest BCUT2D eigenvalue weighted by Gasteiger charge is 2.20. The molecule has 1 rings (SSSR count). The van der Waals surface area contributed by atoms with E-state index in [0.717, 1.165) is 0 Å². The second-order valence-electron chi connectivity index (χ2n) is 3.16. The number of rotatable bonds is 4. The van der Waals surface area contributed by atoms with Gasteiger partial charge in [0.15, 0.2) is 5.78 Å². The molecule has 0 bridgehead atoms. The summed E-state index contributed by atoms with van der Waals surface area (Å²) in [4.78, 5) is 11.2. The van der Waals surface area contributed by atoms with Crippen molar-refractivity contribution < 1.29 is 18.3 Å². The van der Waals surface area contributed by atoms with Crippen LogP contribution in [0.2, 0.25) is 0 Å². The first-order valence-electron chi connectivity index (χ1n) is 4.72. The van der Waals surface area contributed by atoms with E-state index in [0.29, 0.717) is 9.13 Å². The Bertz CT molecular complexity index is 405. The molecular formula is C11H11F2IO2. The van der Waals surface area contributed by atoms with Gasteiger partial charge in [0.25, 0.3) is 6.43 Å². The fourth-order valence-corrected chi connectivity index (χ4v) is 2.12. The summed E-state index contributed by atoms with van der Waals surface area (Å²) in [6.07, 6.45) is -2.60. The molecule has 0 aliphatic rings. The number of benzene rings is 1. The minimum Gasteiger partial charge on any atom is -0.493 e. The molecule has 88 valence electrons. The third-order valence-electron chi connectivity index (χ3n) is 2.02. The van der Waals surface area contributed by atoms with Gasteiger partial charge in [0.2, 0.25) is 0 Å². The number of carbonyl (C=O) groups is 1. The van der Waals surface area contributed by atoms with Crippen LogP contribution in [0.25, 0.3) is 0 Å². The van der Waals surface area contributed by atoms with Crippen molar-refractivity contribution in [3.05, 3.63) is 26.8 Å². The molecule has 0 amide bonds. The summed E-state index contributed by atoms with van der Waals surface area (Å²) in [6.45, 7) is 3.39. The summed E-state index contributed by atoms with van der Waals surface area (Å²) in [5.74, 6) is -0.0747. The molecule has 1 aromatic rings. The van der Waals surface area contributed by atoms with E-state index in [-0.39, 0.29) is 23.7 Å². The van der Waals surface area contributed by atoms with Crippen molar-refractivity contribution in [1.29, 1.82) is 0 Å². The van der Waals surface area contributed by atoms with Crippen LogP contribution in [0.15, 0.2) is 12.1 Å². The molecule has 0 saturated carbocycles. The van der Waals surface area contributed by atoms with Gasteiger partial charge in [-0.1, -0.05) is 0 Å². The van der Waals surface area contributed by atoms with E-state index in [4.69, 9.17) is 4.74 Å². The van der Waals surface area contributed by atoms with Gasteiger partial charge in [0.1, 0.15) is 5.75 Å². The van der Waals surface area contributed by atoms with Crippen molar-refractivity contribution in [2.24, 2.45) is 0 Å². The maximum absolute atomic E-state index is 12.8. The Morgan fingerprint density at radius 1 is 1.50 bits per heavy atom. The Morgan fingerprint density at radius 3 is 2.56 bits per heavy atom. The minimum absolute atomic E-state index is 0.0922. The van der Waals surface area contributed by atoms with Crippen LogP contribution in [-0.2, 0) is 0 Å². The van der Waals surface area contributed by atoms with Gasteiger partial charge in [-0.15, -0.1) is 0 Å². The quantitative estimate of drug-likeness (QED) is 0.615. The fourth-order valence-electron chi connectivity index (χ4n) is 1.28. The number of carbonyl (C=O) groups excluding carboxylic acids is 1. The van der Waals surface area contributed by atoms with E-state index in [1.807, 2.05) is 0 Å². The van der Waals surface area contributed by atoms with E-state index in [2.05, 4.69) is 0 Å². The molecule has 0 saturated heterocycles. The van der Waals surface area contributed by atoms with Crippen molar-refractivity contribution in [2.75, 3.05) is 6.61 Å². The largest absolute Gasteiger partial charge is 0.493 e. The van der Waals surface area contributed by atoms with Gasteiger partial charge >= 0.3 is 0 Å². The van der Waals surface area contributed by atoms with Crippen LogP contribution in [0.3, 0.4) is 0 Å². The monoisotopic (exact) mass is 340 g/mol. The smallest absolute Gasteiger partial charge is 0.268 e. The van der Waals surface area contributed by atoms with E-state index < -0.39 is 6.43 Å². The lowest BCUT2D eigenvalue weighted by Gasteiger charge is -2.12. The SMILES string of the molecule is CCOc1cc(C(C)=O)cc(I)c1C(F)F. The molecule has 0 atom stereocenters. The Kier molecular flexibility index (Phi) is 4.64. The van der Waals surface area contributed by atoms with Crippen LogP contribution in [0.4, 0.5) is 8.78 Å². The van der Waals surface area contributed by atoms with Crippen LogP contribution in [0, 0.1) is 3.57 Å². The van der Waals surface area contributed by atoms with Crippen molar-refractivity contribution in [1.82, 2.24) is 0 Å². The molecular weight excluding hydrogens is 329 g/mol. The lowest BCUT2D eigenvalue weighted by atomic mass is 10.1. The normalized spacial score (nSPS) is 10.6. The molecule has 5 heteroatoms. The maximum Gasteiger partial charge on any atom is 0.268 e. The van der Waals surface area contributed by atoms with Gasteiger partial charge in [-0.3, -0.25) is 4.79 Å². The molecule has 0 spiro atoms. The molecule has 0 aliphatic heterocycles. The van der Waals surface area contributed by atoms with Crippen LogP contribution < -0.4 is 4.74 Å². The van der Waals surface area contributed by atoms with E-state index in [1.54, 1.807) is 29.5 Å². The Hall–Kier alpha value is -0.720. The van der Waals surface area contributed by atoms with E-state index >= 15 is 0 Å². The van der Waals surface area contributed by atoms with Crippen molar-refractivity contribution in [2.45, 2.75) is 20.3 Å². The second-order valence-corrected chi connectivity index (χ2v) is 4.32.